The lowest BCUT2D eigenvalue weighted by atomic mass is 10.1. The zero-order chi connectivity index (χ0) is 20.3. The summed E-state index contributed by atoms with van der Waals surface area (Å²) in [6.07, 6.45) is 1.75. The number of carbonyl (C=O) groups is 1. The summed E-state index contributed by atoms with van der Waals surface area (Å²) in [7, 11) is 0. The Morgan fingerprint density at radius 3 is 2.86 bits per heavy atom. The number of benzene rings is 1. The normalized spacial score (nSPS) is 16.4. The molecule has 1 aromatic carbocycles. The molecular formula is C22H21N5OS. The number of aromatic nitrogens is 3. The highest BCUT2D eigenvalue weighted by molar-refractivity contribution is 7.21. The van der Waals surface area contributed by atoms with Crippen LogP contribution in [0.25, 0.3) is 32.9 Å². The number of anilines is 1. The van der Waals surface area contributed by atoms with E-state index in [0.717, 1.165) is 54.6 Å². The van der Waals surface area contributed by atoms with Crippen molar-refractivity contribution < 1.29 is 4.79 Å². The van der Waals surface area contributed by atoms with Gasteiger partial charge in [0.25, 0.3) is 5.91 Å². The van der Waals surface area contributed by atoms with Gasteiger partial charge in [-0.3, -0.25) is 9.36 Å². The average Bonchev–Trinajstić information content (AvgIpc) is 3.19. The molecule has 0 radical (unpaired) electrons. The molecule has 0 saturated heterocycles. The van der Waals surface area contributed by atoms with E-state index in [1.807, 2.05) is 43.5 Å². The molecule has 0 unspecified atom stereocenters. The van der Waals surface area contributed by atoms with Gasteiger partial charge in [-0.15, -0.1) is 11.3 Å². The molecule has 0 saturated carbocycles. The van der Waals surface area contributed by atoms with Crippen LogP contribution in [0.1, 0.15) is 33.8 Å². The zero-order valence-corrected chi connectivity index (χ0v) is 17.4. The van der Waals surface area contributed by atoms with E-state index in [0.29, 0.717) is 6.54 Å². The van der Waals surface area contributed by atoms with Crippen molar-refractivity contribution in [2.75, 3.05) is 11.9 Å². The number of nitrogens with zero attached hydrogens (tertiary/aromatic N) is 3. The van der Waals surface area contributed by atoms with Crippen molar-refractivity contribution >= 4 is 50.0 Å². The minimum absolute atomic E-state index is 0.0171. The summed E-state index contributed by atoms with van der Waals surface area (Å²) in [6, 6.07) is 8.24. The number of carbonyl (C=O) groups excluding carboxylic acids is 1. The maximum absolute atomic E-state index is 12.6. The lowest BCUT2D eigenvalue weighted by Gasteiger charge is -2.11. The number of aryl methyl sites for hydroxylation is 1. The Balaban J connectivity index is 1.74. The third-order valence-corrected chi connectivity index (χ3v) is 6.61. The second kappa shape index (κ2) is 6.42. The smallest absolute Gasteiger partial charge is 0.263 e. The molecule has 3 aromatic heterocycles. The number of amides is 1. The predicted octanol–water partition coefficient (Wildman–Crippen LogP) is 4.44. The molecule has 6 nitrogen and oxygen atoms in total. The fourth-order valence-corrected chi connectivity index (χ4v) is 5.00. The standard InChI is InChI=1S/C22H21N5OS/c1-5-17-25-12(3)13(4)27(17)18-9-6-14-15(26-18)7-8-16-19(14)20-21(29-16)22(28)24-11(2)10-23-20/h5-9,11,23H,1,10H2,2-4H3,(H,24,28)/t11-/m1/s1. The van der Waals surface area contributed by atoms with Crippen LogP contribution in [0.2, 0.25) is 0 Å². The Morgan fingerprint density at radius 2 is 2.07 bits per heavy atom. The van der Waals surface area contributed by atoms with Gasteiger partial charge in [0.15, 0.2) is 0 Å². The topological polar surface area (TPSA) is 71.8 Å². The lowest BCUT2D eigenvalue weighted by molar-refractivity contribution is 0.0949. The van der Waals surface area contributed by atoms with Crippen LogP contribution >= 0.6 is 11.3 Å². The van der Waals surface area contributed by atoms with Gasteiger partial charge in [-0.1, -0.05) is 6.58 Å². The van der Waals surface area contributed by atoms with Crippen LogP contribution in [0.3, 0.4) is 0 Å². The molecule has 1 atom stereocenters. The maximum atomic E-state index is 12.6. The van der Waals surface area contributed by atoms with Crippen LogP contribution in [0.15, 0.2) is 30.8 Å². The summed E-state index contributed by atoms with van der Waals surface area (Å²) < 4.78 is 3.10. The Morgan fingerprint density at radius 1 is 1.24 bits per heavy atom. The maximum Gasteiger partial charge on any atom is 0.263 e. The second-order valence-corrected chi connectivity index (χ2v) is 8.47. The van der Waals surface area contributed by atoms with Gasteiger partial charge in [-0.2, -0.15) is 0 Å². The van der Waals surface area contributed by atoms with Crippen LogP contribution < -0.4 is 10.6 Å². The Kier molecular flexibility index (Phi) is 3.96. The molecule has 2 N–H and O–H groups in total. The highest BCUT2D eigenvalue weighted by Gasteiger charge is 2.25. The SMILES string of the molecule is C=Cc1nc(C)c(C)n1-c1ccc2c(ccc3sc4c(c32)NC[C@@H](C)NC4=O)n1. The minimum Gasteiger partial charge on any atom is -0.381 e. The van der Waals surface area contributed by atoms with Gasteiger partial charge in [-0.25, -0.2) is 9.97 Å². The van der Waals surface area contributed by atoms with E-state index in [-0.39, 0.29) is 11.9 Å². The van der Waals surface area contributed by atoms with Gasteiger partial charge < -0.3 is 10.6 Å². The van der Waals surface area contributed by atoms with Crippen molar-refractivity contribution in [3.63, 3.8) is 0 Å². The van der Waals surface area contributed by atoms with Gasteiger partial charge >= 0.3 is 0 Å². The van der Waals surface area contributed by atoms with Gasteiger partial charge in [0.1, 0.15) is 16.5 Å². The first-order valence-electron chi connectivity index (χ1n) is 9.57. The van der Waals surface area contributed by atoms with E-state index in [9.17, 15) is 4.79 Å². The van der Waals surface area contributed by atoms with Gasteiger partial charge in [0, 0.05) is 33.8 Å². The summed E-state index contributed by atoms with van der Waals surface area (Å²) in [5.74, 6) is 1.58. The molecule has 5 rings (SSSR count). The summed E-state index contributed by atoms with van der Waals surface area (Å²) in [5, 5.41) is 8.60. The van der Waals surface area contributed by atoms with Gasteiger partial charge in [0.2, 0.25) is 0 Å². The van der Waals surface area contributed by atoms with Crippen molar-refractivity contribution in [2.24, 2.45) is 0 Å². The van der Waals surface area contributed by atoms with Gasteiger partial charge in [-0.05, 0) is 51.1 Å². The summed E-state index contributed by atoms with van der Waals surface area (Å²) in [4.78, 5) is 22.8. The van der Waals surface area contributed by atoms with Crippen molar-refractivity contribution in [1.29, 1.82) is 0 Å². The number of hydrogen-bond acceptors (Lipinski definition) is 5. The van der Waals surface area contributed by atoms with E-state index >= 15 is 0 Å². The first-order valence-corrected chi connectivity index (χ1v) is 10.4. The van der Waals surface area contributed by atoms with Crippen molar-refractivity contribution in [3.8, 4) is 5.82 Å². The number of pyridine rings is 1. The summed E-state index contributed by atoms with van der Waals surface area (Å²) in [6.45, 7) is 10.6. The van der Waals surface area contributed by atoms with Crippen molar-refractivity contribution in [2.45, 2.75) is 26.8 Å². The fraction of sp³-hybridized carbons (Fsp3) is 0.227. The predicted molar refractivity (Wildman–Crippen MR) is 119 cm³/mol. The molecule has 4 aromatic rings. The number of rotatable bonds is 2. The van der Waals surface area contributed by atoms with Crippen LogP contribution in [-0.2, 0) is 0 Å². The molecule has 0 bridgehead atoms. The number of fused-ring (bicyclic) bond motifs is 5. The Labute approximate surface area is 172 Å². The highest BCUT2D eigenvalue weighted by atomic mass is 32.1. The molecular weight excluding hydrogens is 382 g/mol. The van der Waals surface area contributed by atoms with Crippen molar-refractivity contribution in [1.82, 2.24) is 19.9 Å². The van der Waals surface area contributed by atoms with Crippen LogP contribution in [0.5, 0.6) is 0 Å². The first-order chi connectivity index (χ1) is 14.0. The van der Waals surface area contributed by atoms with Crippen LogP contribution in [-0.4, -0.2) is 33.0 Å². The first kappa shape index (κ1) is 17.9. The second-order valence-electron chi connectivity index (χ2n) is 7.42. The number of hydrogen-bond donors (Lipinski definition) is 2. The quantitative estimate of drug-likeness (QED) is 0.519. The van der Waals surface area contributed by atoms with Crippen molar-refractivity contribution in [3.05, 3.63) is 52.9 Å². The van der Waals surface area contributed by atoms with E-state index in [4.69, 9.17) is 4.98 Å². The molecule has 1 aliphatic heterocycles. The monoisotopic (exact) mass is 403 g/mol. The largest absolute Gasteiger partial charge is 0.381 e. The molecule has 146 valence electrons. The molecule has 4 heterocycles. The molecule has 1 amide bonds. The Bertz CT molecular complexity index is 1320. The lowest BCUT2D eigenvalue weighted by Crippen LogP contribution is -2.34. The van der Waals surface area contributed by atoms with Gasteiger partial charge in [0.05, 0.1) is 16.9 Å². The third-order valence-electron chi connectivity index (χ3n) is 5.46. The molecule has 29 heavy (non-hydrogen) atoms. The molecule has 7 heteroatoms. The van der Waals surface area contributed by atoms with E-state index in [1.165, 1.54) is 11.3 Å². The fourth-order valence-electron chi connectivity index (χ4n) is 3.90. The van der Waals surface area contributed by atoms with E-state index in [1.54, 1.807) is 6.08 Å². The molecule has 0 fully saturated rings. The van der Waals surface area contributed by atoms with E-state index in [2.05, 4.69) is 28.3 Å². The van der Waals surface area contributed by atoms with E-state index < -0.39 is 0 Å². The van der Waals surface area contributed by atoms with Crippen LogP contribution in [0, 0.1) is 13.8 Å². The molecule has 0 spiro atoms. The number of nitrogens with one attached hydrogen (secondary N) is 2. The number of imidazole rings is 1. The molecule has 0 aliphatic carbocycles. The van der Waals surface area contributed by atoms with Crippen LogP contribution in [0.4, 0.5) is 5.69 Å². The summed E-state index contributed by atoms with van der Waals surface area (Å²) >= 11 is 1.52. The summed E-state index contributed by atoms with van der Waals surface area (Å²) in [5.41, 5.74) is 3.80. The minimum atomic E-state index is -0.0171. The number of thiophene rings is 1. The highest BCUT2D eigenvalue weighted by Crippen LogP contribution is 2.41. The zero-order valence-electron chi connectivity index (χ0n) is 16.5. The Hall–Kier alpha value is -3.19. The average molecular weight is 404 g/mol. The molecule has 1 aliphatic rings. The third kappa shape index (κ3) is 2.65.